The van der Waals surface area contributed by atoms with Crippen LogP contribution >= 0.6 is 0 Å². The Hall–Kier alpha value is -1.88. The zero-order valence-corrected chi connectivity index (χ0v) is 15.6. The van der Waals surface area contributed by atoms with E-state index in [1.54, 1.807) is 11.0 Å². The van der Waals surface area contributed by atoms with Gasteiger partial charge in [0.1, 0.15) is 13.2 Å². The third-order valence-corrected chi connectivity index (χ3v) is 6.33. The molecule has 4 rings (SSSR count). The number of fused-ring (bicyclic) bond motifs is 1. The Labute approximate surface area is 157 Å². The fourth-order valence-corrected chi connectivity index (χ4v) is 4.41. The van der Waals surface area contributed by atoms with E-state index in [9.17, 15) is 13.2 Å². The lowest BCUT2D eigenvalue weighted by molar-refractivity contribution is -0.187. The zero-order chi connectivity index (χ0) is 18.9. The van der Waals surface area contributed by atoms with Crippen LogP contribution in [0, 0.1) is 0 Å². The Bertz CT molecular complexity index is 811. The van der Waals surface area contributed by atoms with E-state index in [1.807, 2.05) is 0 Å². The highest BCUT2D eigenvalue weighted by Gasteiger charge is 2.40. The molecule has 0 bridgehead atoms. The fraction of sp³-hybridized carbons (Fsp3) is 0.588. The maximum Gasteiger partial charge on any atom is 0.241 e. The minimum absolute atomic E-state index is 0.0323. The molecule has 0 atom stereocenters. The number of piperidine rings is 1. The zero-order valence-electron chi connectivity index (χ0n) is 14.8. The number of nitrogens with one attached hydrogen (secondary N) is 1. The van der Waals surface area contributed by atoms with Crippen molar-refractivity contribution in [1.29, 1.82) is 0 Å². The van der Waals surface area contributed by atoms with Crippen molar-refractivity contribution < 1.29 is 32.2 Å². The molecule has 10 heteroatoms. The summed E-state index contributed by atoms with van der Waals surface area (Å²) in [7, 11) is -3.83. The van der Waals surface area contributed by atoms with Crippen molar-refractivity contribution in [2.75, 3.05) is 46.1 Å². The Balaban J connectivity index is 1.34. The first-order valence-electron chi connectivity index (χ1n) is 8.93. The van der Waals surface area contributed by atoms with Crippen LogP contribution in [0.1, 0.15) is 12.8 Å². The Morgan fingerprint density at radius 2 is 1.70 bits per heavy atom. The molecule has 3 aliphatic heterocycles. The van der Waals surface area contributed by atoms with E-state index in [2.05, 4.69) is 4.72 Å². The number of hydrogen-bond acceptors (Lipinski definition) is 7. The number of likely N-dealkylation sites (tertiary alicyclic amines) is 1. The average molecular weight is 398 g/mol. The molecule has 0 radical (unpaired) electrons. The minimum Gasteiger partial charge on any atom is -0.486 e. The summed E-state index contributed by atoms with van der Waals surface area (Å²) in [5, 5.41) is 0. The standard InChI is InChI=1S/C17H22N2O7S/c20-16(19-5-3-17(4-6-19)25-9-10-26-17)12-18-27(21,22)13-1-2-14-15(11-13)24-8-7-23-14/h1-2,11,18H,3-10,12H2. The summed E-state index contributed by atoms with van der Waals surface area (Å²) in [6.07, 6.45) is 1.18. The van der Waals surface area contributed by atoms with Gasteiger partial charge in [0.25, 0.3) is 0 Å². The van der Waals surface area contributed by atoms with E-state index in [-0.39, 0.29) is 17.3 Å². The highest BCUT2D eigenvalue weighted by Crippen LogP contribution is 2.32. The lowest BCUT2D eigenvalue weighted by atomic mass is 10.0. The number of ether oxygens (including phenoxy) is 4. The molecule has 27 heavy (non-hydrogen) atoms. The van der Waals surface area contributed by atoms with E-state index < -0.39 is 15.8 Å². The lowest BCUT2D eigenvalue weighted by Gasteiger charge is -2.37. The molecule has 9 nitrogen and oxygen atoms in total. The number of amides is 1. The number of carbonyl (C=O) groups excluding carboxylic acids is 1. The maximum absolute atomic E-state index is 12.5. The molecule has 0 unspecified atom stereocenters. The number of carbonyl (C=O) groups is 1. The van der Waals surface area contributed by atoms with E-state index in [1.165, 1.54) is 12.1 Å². The van der Waals surface area contributed by atoms with Gasteiger partial charge in [0, 0.05) is 32.0 Å². The second-order valence-corrected chi connectivity index (χ2v) is 8.39. The predicted octanol–water partition coefficient (Wildman–Crippen LogP) is 0.102. The first-order valence-corrected chi connectivity index (χ1v) is 10.4. The number of benzene rings is 1. The van der Waals surface area contributed by atoms with E-state index in [0.29, 0.717) is 63.9 Å². The number of nitrogens with zero attached hydrogens (tertiary/aromatic N) is 1. The van der Waals surface area contributed by atoms with Gasteiger partial charge in [-0.1, -0.05) is 0 Å². The molecule has 1 amide bonds. The number of hydrogen-bond donors (Lipinski definition) is 1. The third kappa shape index (κ3) is 3.88. The number of rotatable bonds is 4. The van der Waals surface area contributed by atoms with Crippen LogP contribution in [0.25, 0.3) is 0 Å². The predicted molar refractivity (Wildman–Crippen MR) is 93.1 cm³/mol. The molecule has 1 spiro atoms. The third-order valence-electron chi connectivity index (χ3n) is 4.93. The van der Waals surface area contributed by atoms with Crippen molar-refractivity contribution in [3.05, 3.63) is 18.2 Å². The molecule has 0 saturated carbocycles. The van der Waals surface area contributed by atoms with Gasteiger partial charge < -0.3 is 23.8 Å². The van der Waals surface area contributed by atoms with Crippen molar-refractivity contribution in [1.82, 2.24) is 9.62 Å². The van der Waals surface area contributed by atoms with Gasteiger partial charge in [-0.15, -0.1) is 0 Å². The van der Waals surface area contributed by atoms with Gasteiger partial charge in [-0.05, 0) is 12.1 Å². The van der Waals surface area contributed by atoms with Crippen molar-refractivity contribution in [2.45, 2.75) is 23.5 Å². The average Bonchev–Trinajstić information content (AvgIpc) is 3.14. The van der Waals surface area contributed by atoms with Crippen molar-refractivity contribution in [3.8, 4) is 11.5 Å². The summed E-state index contributed by atoms with van der Waals surface area (Å²) in [6, 6.07) is 4.39. The van der Waals surface area contributed by atoms with E-state index >= 15 is 0 Å². The Kier molecular flexibility index (Phi) is 4.97. The van der Waals surface area contributed by atoms with Gasteiger partial charge in [0.2, 0.25) is 15.9 Å². The second kappa shape index (κ2) is 7.27. The topological polar surface area (TPSA) is 103 Å². The molecule has 1 aromatic carbocycles. The van der Waals surface area contributed by atoms with Gasteiger partial charge in [-0.3, -0.25) is 4.79 Å². The lowest BCUT2D eigenvalue weighted by Crippen LogP contribution is -2.49. The van der Waals surface area contributed by atoms with Crippen LogP contribution in [-0.4, -0.2) is 71.1 Å². The molecule has 2 fully saturated rings. The van der Waals surface area contributed by atoms with Crippen LogP contribution in [0.2, 0.25) is 0 Å². The molecule has 148 valence electrons. The summed E-state index contributed by atoms with van der Waals surface area (Å²) in [5.74, 6) is 0.0498. The smallest absolute Gasteiger partial charge is 0.241 e. The summed E-state index contributed by atoms with van der Waals surface area (Å²) in [4.78, 5) is 14.0. The van der Waals surface area contributed by atoms with E-state index in [4.69, 9.17) is 18.9 Å². The SMILES string of the molecule is O=C(CNS(=O)(=O)c1ccc2c(c1)OCCO2)N1CCC2(CC1)OCCO2. The molecule has 3 aliphatic rings. The van der Waals surface area contributed by atoms with Crippen LogP contribution in [0.4, 0.5) is 0 Å². The molecular formula is C17H22N2O7S. The van der Waals surface area contributed by atoms with Crippen molar-refractivity contribution in [3.63, 3.8) is 0 Å². The van der Waals surface area contributed by atoms with Gasteiger partial charge in [-0.2, -0.15) is 0 Å². The first kappa shape index (κ1) is 18.5. The highest BCUT2D eigenvalue weighted by atomic mass is 32.2. The molecule has 1 aromatic rings. The second-order valence-electron chi connectivity index (χ2n) is 6.62. The molecule has 0 aliphatic carbocycles. The van der Waals surface area contributed by atoms with Gasteiger partial charge in [0.05, 0.1) is 24.7 Å². The summed E-state index contributed by atoms with van der Waals surface area (Å²) < 4.78 is 49.4. The molecule has 3 heterocycles. The molecular weight excluding hydrogens is 376 g/mol. The van der Waals surface area contributed by atoms with Gasteiger partial charge in [0.15, 0.2) is 17.3 Å². The Morgan fingerprint density at radius 1 is 1.04 bits per heavy atom. The molecule has 1 N–H and O–H groups in total. The van der Waals surface area contributed by atoms with Crippen LogP contribution in [0.3, 0.4) is 0 Å². The van der Waals surface area contributed by atoms with Crippen LogP contribution in [-0.2, 0) is 24.3 Å². The van der Waals surface area contributed by atoms with Crippen LogP contribution < -0.4 is 14.2 Å². The normalized spacial score (nSPS) is 21.4. The summed E-state index contributed by atoms with van der Waals surface area (Å²) in [6.45, 7) is 2.60. The highest BCUT2D eigenvalue weighted by molar-refractivity contribution is 7.89. The summed E-state index contributed by atoms with van der Waals surface area (Å²) in [5.41, 5.74) is 0. The number of sulfonamides is 1. The maximum atomic E-state index is 12.5. The van der Waals surface area contributed by atoms with E-state index in [0.717, 1.165) is 0 Å². The largest absolute Gasteiger partial charge is 0.486 e. The van der Waals surface area contributed by atoms with Gasteiger partial charge >= 0.3 is 0 Å². The van der Waals surface area contributed by atoms with Crippen LogP contribution in [0.5, 0.6) is 11.5 Å². The van der Waals surface area contributed by atoms with Crippen molar-refractivity contribution >= 4 is 15.9 Å². The first-order chi connectivity index (χ1) is 13.0. The quantitative estimate of drug-likeness (QED) is 0.767. The minimum atomic E-state index is -3.83. The monoisotopic (exact) mass is 398 g/mol. The fourth-order valence-electron chi connectivity index (χ4n) is 3.43. The van der Waals surface area contributed by atoms with Crippen LogP contribution in [0.15, 0.2) is 23.1 Å². The summed E-state index contributed by atoms with van der Waals surface area (Å²) >= 11 is 0. The van der Waals surface area contributed by atoms with Gasteiger partial charge in [-0.25, -0.2) is 13.1 Å². The van der Waals surface area contributed by atoms with Crippen molar-refractivity contribution in [2.24, 2.45) is 0 Å². The molecule has 0 aromatic heterocycles. The Morgan fingerprint density at radius 3 is 2.41 bits per heavy atom. The molecule has 2 saturated heterocycles.